The summed E-state index contributed by atoms with van der Waals surface area (Å²) in [6.07, 6.45) is 0.957. The van der Waals surface area contributed by atoms with Gasteiger partial charge in [-0.3, -0.25) is 4.79 Å². The maximum Gasteiger partial charge on any atom is 0.254 e. The van der Waals surface area contributed by atoms with Crippen molar-refractivity contribution in [1.29, 1.82) is 0 Å². The SMILES string of the molecule is CC1CC(CN)CN1C(=O)c1ccc(Oc2ccc(Cl)cc2Cl)cc1. The van der Waals surface area contributed by atoms with Crippen LogP contribution < -0.4 is 10.5 Å². The molecule has 1 heterocycles. The molecule has 6 heteroatoms. The van der Waals surface area contributed by atoms with Gasteiger partial charge in [0.05, 0.1) is 5.02 Å². The molecule has 1 fully saturated rings. The number of hydrogen-bond acceptors (Lipinski definition) is 3. The summed E-state index contributed by atoms with van der Waals surface area (Å²) in [5.41, 5.74) is 6.38. The number of halogens is 2. The van der Waals surface area contributed by atoms with Crippen LogP contribution in [0.2, 0.25) is 10.0 Å². The van der Waals surface area contributed by atoms with Gasteiger partial charge in [-0.2, -0.15) is 0 Å². The largest absolute Gasteiger partial charge is 0.456 e. The predicted molar refractivity (Wildman–Crippen MR) is 101 cm³/mol. The van der Waals surface area contributed by atoms with Crippen molar-refractivity contribution in [2.24, 2.45) is 11.7 Å². The van der Waals surface area contributed by atoms with Gasteiger partial charge in [-0.15, -0.1) is 0 Å². The van der Waals surface area contributed by atoms with Gasteiger partial charge in [0.2, 0.25) is 0 Å². The van der Waals surface area contributed by atoms with Gasteiger partial charge in [0.25, 0.3) is 5.91 Å². The van der Waals surface area contributed by atoms with Crippen LogP contribution in [-0.2, 0) is 0 Å². The molecule has 132 valence electrons. The second-order valence-electron chi connectivity index (χ2n) is 6.35. The van der Waals surface area contributed by atoms with Crippen LogP contribution in [0.5, 0.6) is 11.5 Å². The van der Waals surface area contributed by atoms with Crippen LogP contribution >= 0.6 is 23.2 Å². The lowest BCUT2D eigenvalue weighted by Gasteiger charge is -2.21. The van der Waals surface area contributed by atoms with Crippen molar-refractivity contribution in [1.82, 2.24) is 4.90 Å². The molecule has 25 heavy (non-hydrogen) atoms. The minimum absolute atomic E-state index is 0.0273. The molecule has 3 rings (SSSR count). The Morgan fingerprint density at radius 2 is 1.96 bits per heavy atom. The third-order valence-corrected chi connectivity index (χ3v) is 5.01. The Morgan fingerprint density at radius 1 is 1.24 bits per heavy atom. The first-order valence-corrected chi connectivity index (χ1v) is 8.97. The monoisotopic (exact) mass is 378 g/mol. The normalized spacial score (nSPS) is 19.9. The van der Waals surface area contributed by atoms with Crippen molar-refractivity contribution in [2.45, 2.75) is 19.4 Å². The zero-order valence-corrected chi connectivity index (χ0v) is 15.4. The molecule has 4 nitrogen and oxygen atoms in total. The number of rotatable bonds is 4. The van der Waals surface area contributed by atoms with E-state index in [1.54, 1.807) is 42.5 Å². The highest BCUT2D eigenvalue weighted by Crippen LogP contribution is 2.32. The van der Waals surface area contributed by atoms with E-state index in [-0.39, 0.29) is 11.9 Å². The maximum absolute atomic E-state index is 12.7. The molecular formula is C19H20Cl2N2O2. The van der Waals surface area contributed by atoms with Gasteiger partial charge >= 0.3 is 0 Å². The van der Waals surface area contributed by atoms with E-state index in [0.717, 1.165) is 13.0 Å². The summed E-state index contributed by atoms with van der Waals surface area (Å²) in [4.78, 5) is 14.6. The van der Waals surface area contributed by atoms with Gasteiger partial charge in [0.15, 0.2) is 0 Å². The van der Waals surface area contributed by atoms with Crippen LogP contribution in [0.15, 0.2) is 42.5 Å². The Labute approximate surface area is 157 Å². The van der Waals surface area contributed by atoms with E-state index < -0.39 is 0 Å². The van der Waals surface area contributed by atoms with E-state index >= 15 is 0 Å². The minimum atomic E-state index is 0.0273. The van der Waals surface area contributed by atoms with E-state index in [1.807, 2.05) is 4.90 Å². The molecule has 1 aliphatic rings. The Morgan fingerprint density at radius 3 is 2.56 bits per heavy atom. The molecule has 2 N–H and O–H groups in total. The van der Waals surface area contributed by atoms with Gasteiger partial charge in [-0.1, -0.05) is 23.2 Å². The van der Waals surface area contributed by atoms with Gasteiger partial charge in [-0.25, -0.2) is 0 Å². The first-order chi connectivity index (χ1) is 12.0. The Bertz CT molecular complexity index is 765. The third kappa shape index (κ3) is 4.09. The average molecular weight is 379 g/mol. The van der Waals surface area contributed by atoms with E-state index in [9.17, 15) is 4.79 Å². The molecule has 2 aromatic rings. The van der Waals surface area contributed by atoms with Crippen molar-refractivity contribution in [3.8, 4) is 11.5 Å². The van der Waals surface area contributed by atoms with Crippen molar-refractivity contribution >= 4 is 29.1 Å². The van der Waals surface area contributed by atoms with Crippen molar-refractivity contribution in [3.63, 3.8) is 0 Å². The highest BCUT2D eigenvalue weighted by atomic mass is 35.5. The van der Waals surface area contributed by atoms with E-state index in [1.165, 1.54) is 0 Å². The van der Waals surface area contributed by atoms with E-state index in [2.05, 4.69) is 6.92 Å². The van der Waals surface area contributed by atoms with Crippen LogP contribution in [0.4, 0.5) is 0 Å². The van der Waals surface area contributed by atoms with Crippen LogP contribution in [0, 0.1) is 5.92 Å². The molecule has 1 saturated heterocycles. The third-order valence-electron chi connectivity index (χ3n) is 4.48. The van der Waals surface area contributed by atoms with Gasteiger partial charge in [0, 0.05) is 23.2 Å². The smallest absolute Gasteiger partial charge is 0.254 e. The Balaban J connectivity index is 1.70. The summed E-state index contributed by atoms with van der Waals surface area (Å²) in [7, 11) is 0. The molecule has 1 aliphatic heterocycles. The fraction of sp³-hybridized carbons (Fsp3) is 0.316. The summed E-state index contributed by atoms with van der Waals surface area (Å²) in [6.45, 7) is 3.39. The number of ether oxygens (including phenoxy) is 1. The quantitative estimate of drug-likeness (QED) is 0.845. The second kappa shape index (κ2) is 7.65. The lowest BCUT2D eigenvalue weighted by atomic mass is 10.1. The van der Waals surface area contributed by atoms with Gasteiger partial charge in [0.1, 0.15) is 11.5 Å². The summed E-state index contributed by atoms with van der Waals surface area (Å²) in [5, 5.41) is 0.986. The highest BCUT2D eigenvalue weighted by molar-refractivity contribution is 6.35. The number of likely N-dealkylation sites (tertiary alicyclic amines) is 1. The number of carbonyl (C=O) groups excluding carboxylic acids is 1. The summed E-state index contributed by atoms with van der Waals surface area (Å²) in [5.74, 6) is 1.53. The van der Waals surface area contributed by atoms with E-state index in [0.29, 0.717) is 39.6 Å². The average Bonchev–Trinajstić information content (AvgIpc) is 2.98. The molecule has 0 bridgehead atoms. The Hall–Kier alpha value is -1.75. The lowest BCUT2D eigenvalue weighted by molar-refractivity contribution is 0.0743. The lowest BCUT2D eigenvalue weighted by Crippen LogP contribution is -2.34. The van der Waals surface area contributed by atoms with E-state index in [4.69, 9.17) is 33.7 Å². The molecular weight excluding hydrogens is 359 g/mol. The molecule has 2 atom stereocenters. The zero-order chi connectivity index (χ0) is 18.0. The first kappa shape index (κ1) is 18.1. The minimum Gasteiger partial charge on any atom is -0.456 e. The number of amides is 1. The predicted octanol–water partition coefficient (Wildman–Crippen LogP) is 4.60. The van der Waals surface area contributed by atoms with Crippen molar-refractivity contribution in [3.05, 3.63) is 58.1 Å². The summed E-state index contributed by atoms with van der Waals surface area (Å²) < 4.78 is 5.75. The highest BCUT2D eigenvalue weighted by Gasteiger charge is 2.32. The van der Waals surface area contributed by atoms with Crippen LogP contribution in [0.3, 0.4) is 0 Å². The van der Waals surface area contributed by atoms with Gasteiger partial charge < -0.3 is 15.4 Å². The molecule has 2 unspecified atom stereocenters. The number of nitrogens with zero attached hydrogens (tertiary/aromatic N) is 1. The van der Waals surface area contributed by atoms with Crippen LogP contribution in [0.1, 0.15) is 23.7 Å². The summed E-state index contributed by atoms with van der Waals surface area (Å²) in [6, 6.07) is 12.3. The van der Waals surface area contributed by atoms with Crippen LogP contribution in [0.25, 0.3) is 0 Å². The van der Waals surface area contributed by atoms with Crippen molar-refractivity contribution < 1.29 is 9.53 Å². The number of nitrogens with two attached hydrogens (primary N) is 1. The standard InChI is InChI=1S/C19H20Cl2N2O2/c1-12-8-13(10-22)11-23(12)19(24)14-2-5-16(6-3-14)25-18-7-4-15(20)9-17(18)21/h2-7,9,12-13H,8,10-11,22H2,1H3. The van der Waals surface area contributed by atoms with Crippen LogP contribution in [-0.4, -0.2) is 29.9 Å². The maximum atomic E-state index is 12.7. The fourth-order valence-corrected chi connectivity index (χ4v) is 3.56. The molecule has 1 amide bonds. The summed E-state index contributed by atoms with van der Waals surface area (Å²) >= 11 is 12.0. The molecule has 0 aliphatic carbocycles. The topological polar surface area (TPSA) is 55.6 Å². The zero-order valence-electron chi connectivity index (χ0n) is 13.9. The number of carbonyl (C=O) groups is 1. The molecule has 0 spiro atoms. The molecule has 2 aromatic carbocycles. The van der Waals surface area contributed by atoms with Crippen molar-refractivity contribution in [2.75, 3.05) is 13.1 Å². The second-order valence-corrected chi connectivity index (χ2v) is 7.19. The number of benzene rings is 2. The molecule has 0 aromatic heterocycles. The first-order valence-electron chi connectivity index (χ1n) is 8.22. The van der Waals surface area contributed by atoms with Gasteiger partial charge in [-0.05, 0) is 68.3 Å². The molecule has 0 radical (unpaired) electrons. The Kier molecular flexibility index (Phi) is 5.52. The fourth-order valence-electron chi connectivity index (χ4n) is 3.11. The molecule has 0 saturated carbocycles. The number of hydrogen-bond donors (Lipinski definition) is 1.